The molecule has 2 fully saturated rings. The summed E-state index contributed by atoms with van der Waals surface area (Å²) < 4.78 is 24.6. The predicted molar refractivity (Wildman–Crippen MR) is 84.9 cm³/mol. The molecule has 1 aromatic carbocycles. The number of carbonyl (C=O) groups is 1. The van der Waals surface area contributed by atoms with Gasteiger partial charge in [0.2, 0.25) is 0 Å². The molecule has 2 saturated heterocycles. The van der Waals surface area contributed by atoms with Gasteiger partial charge in [0.15, 0.2) is 0 Å². The van der Waals surface area contributed by atoms with Gasteiger partial charge in [0.25, 0.3) is 0 Å². The number of anilines is 1. The highest BCUT2D eigenvalue weighted by atomic mass is 19.1. The van der Waals surface area contributed by atoms with E-state index in [4.69, 9.17) is 9.47 Å². The number of hydrogen-bond acceptors (Lipinski definition) is 3. The number of amides is 2. The minimum Gasteiger partial charge on any atom is -0.376 e. The molecule has 2 amide bonds. The number of hydrogen-bond donors (Lipinski definition) is 1. The molecule has 1 N–H and O–H groups in total. The molecule has 5 nitrogen and oxygen atoms in total. The van der Waals surface area contributed by atoms with E-state index in [2.05, 4.69) is 5.32 Å². The number of rotatable bonds is 5. The van der Waals surface area contributed by atoms with Crippen molar-refractivity contribution in [2.45, 2.75) is 37.9 Å². The van der Waals surface area contributed by atoms with Crippen molar-refractivity contribution in [2.75, 3.05) is 31.6 Å². The largest absolute Gasteiger partial charge is 0.376 e. The number of nitrogens with one attached hydrogen (secondary N) is 1. The van der Waals surface area contributed by atoms with Crippen molar-refractivity contribution >= 4 is 11.7 Å². The average Bonchev–Trinajstić information content (AvgIpc) is 3.20. The van der Waals surface area contributed by atoms with Crippen molar-refractivity contribution in [3.05, 3.63) is 30.1 Å². The average molecular weight is 322 g/mol. The third-order valence-electron chi connectivity index (χ3n) is 4.26. The Kier molecular flexibility index (Phi) is 5.46. The first-order chi connectivity index (χ1) is 11.2. The van der Waals surface area contributed by atoms with Crippen LogP contribution in [0.1, 0.15) is 25.7 Å². The van der Waals surface area contributed by atoms with Crippen molar-refractivity contribution in [1.82, 2.24) is 4.90 Å². The number of nitrogens with zero attached hydrogens (tertiary/aromatic N) is 1. The SMILES string of the molecule is O=C(Nc1cccc(F)c1)N(CC1CCCO1)CC1CCCO1. The Morgan fingerprint density at radius 3 is 2.35 bits per heavy atom. The minimum atomic E-state index is -0.368. The Hall–Kier alpha value is -1.66. The van der Waals surface area contributed by atoms with Gasteiger partial charge in [-0.1, -0.05) is 6.07 Å². The zero-order valence-electron chi connectivity index (χ0n) is 13.2. The van der Waals surface area contributed by atoms with Gasteiger partial charge in [0.05, 0.1) is 12.2 Å². The lowest BCUT2D eigenvalue weighted by molar-refractivity contribution is 0.0524. The molecule has 0 saturated carbocycles. The summed E-state index contributed by atoms with van der Waals surface area (Å²) in [6, 6.07) is 5.69. The number of urea groups is 1. The van der Waals surface area contributed by atoms with E-state index in [1.54, 1.807) is 17.0 Å². The lowest BCUT2D eigenvalue weighted by Gasteiger charge is -2.28. The van der Waals surface area contributed by atoms with Gasteiger partial charge in [-0.15, -0.1) is 0 Å². The molecule has 0 radical (unpaired) electrons. The van der Waals surface area contributed by atoms with Crippen LogP contribution in [0.5, 0.6) is 0 Å². The van der Waals surface area contributed by atoms with Gasteiger partial charge in [-0.2, -0.15) is 0 Å². The van der Waals surface area contributed by atoms with Crippen molar-refractivity contribution in [3.63, 3.8) is 0 Å². The monoisotopic (exact) mass is 322 g/mol. The molecular formula is C17H23FN2O3. The van der Waals surface area contributed by atoms with Gasteiger partial charge in [-0.25, -0.2) is 9.18 Å². The highest BCUT2D eigenvalue weighted by Gasteiger charge is 2.27. The first-order valence-electron chi connectivity index (χ1n) is 8.25. The number of halogens is 1. The molecule has 2 aliphatic rings. The highest BCUT2D eigenvalue weighted by molar-refractivity contribution is 5.89. The van der Waals surface area contributed by atoms with E-state index < -0.39 is 0 Å². The van der Waals surface area contributed by atoms with Gasteiger partial charge in [-0.3, -0.25) is 0 Å². The van der Waals surface area contributed by atoms with E-state index in [0.717, 1.165) is 38.9 Å². The van der Waals surface area contributed by atoms with Crippen LogP contribution in [0.4, 0.5) is 14.9 Å². The second kappa shape index (κ2) is 7.75. The molecule has 2 atom stereocenters. The standard InChI is InChI=1S/C17H23FN2O3/c18-13-4-1-5-14(10-13)19-17(21)20(11-15-6-2-8-22-15)12-16-7-3-9-23-16/h1,4-5,10,15-16H,2-3,6-9,11-12H2,(H,19,21). The van der Waals surface area contributed by atoms with E-state index in [0.29, 0.717) is 18.8 Å². The second-order valence-electron chi connectivity index (χ2n) is 6.12. The fourth-order valence-corrected chi connectivity index (χ4v) is 3.08. The highest BCUT2D eigenvalue weighted by Crippen LogP contribution is 2.18. The summed E-state index contributed by atoms with van der Waals surface area (Å²) in [4.78, 5) is 14.3. The number of ether oxygens (including phenoxy) is 2. The zero-order chi connectivity index (χ0) is 16.1. The Balaban J connectivity index is 1.63. The topological polar surface area (TPSA) is 50.8 Å². The van der Waals surface area contributed by atoms with Gasteiger partial charge in [-0.05, 0) is 43.9 Å². The van der Waals surface area contributed by atoms with Crippen molar-refractivity contribution in [1.29, 1.82) is 0 Å². The molecule has 23 heavy (non-hydrogen) atoms. The van der Waals surface area contributed by atoms with Gasteiger partial charge < -0.3 is 19.7 Å². The van der Waals surface area contributed by atoms with E-state index in [9.17, 15) is 9.18 Å². The molecule has 2 aliphatic heterocycles. The van der Waals surface area contributed by atoms with Crippen LogP contribution in [0, 0.1) is 5.82 Å². The Bertz CT molecular complexity index is 510. The molecule has 0 aliphatic carbocycles. The van der Waals surface area contributed by atoms with Crippen LogP contribution in [0.15, 0.2) is 24.3 Å². The summed E-state index contributed by atoms with van der Waals surface area (Å²) in [6.07, 6.45) is 4.16. The molecule has 0 bridgehead atoms. The first kappa shape index (κ1) is 16.2. The van der Waals surface area contributed by atoms with Crippen LogP contribution >= 0.6 is 0 Å². The van der Waals surface area contributed by atoms with E-state index in [1.807, 2.05) is 0 Å². The van der Waals surface area contributed by atoms with E-state index in [1.165, 1.54) is 12.1 Å². The number of benzene rings is 1. The second-order valence-corrected chi connectivity index (χ2v) is 6.12. The molecule has 2 heterocycles. The quantitative estimate of drug-likeness (QED) is 0.906. The van der Waals surface area contributed by atoms with E-state index >= 15 is 0 Å². The molecule has 3 rings (SSSR count). The summed E-state index contributed by atoms with van der Waals surface area (Å²) in [7, 11) is 0. The predicted octanol–water partition coefficient (Wildman–Crippen LogP) is 3.02. The number of carbonyl (C=O) groups excluding carboxylic acids is 1. The van der Waals surface area contributed by atoms with Crippen LogP contribution in [0.25, 0.3) is 0 Å². The lowest BCUT2D eigenvalue weighted by atomic mass is 10.2. The van der Waals surface area contributed by atoms with Gasteiger partial charge in [0.1, 0.15) is 5.82 Å². The Morgan fingerprint density at radius 2 is 1.83 bits per heavy atom. The van der Waals surface area contributed by atoms with Crippen LogP contribution in [0.3, 0.4) is 0 Å². The molecule has 126 valence electrons. The molecule has 1 aromatic rings. The maximum absolute atomic E-state index is 13.3. The van der Waals surface area contributed by atoms with Crippen LogP contribution in [0.2, 0.25) is 0 Å². The zero-order valence-corrected chi connectivity index (χ0v) is 13.2. The van der Waals surface area contributed by atoms with Gasteiger partial charge >= 0.3 is 6.03 Å². The smallest absolute Gasteiger partial charge is 0.322 e. The summed E-state index contributed by atoms with van der Waals surface area (Å²) >= 11 is 0. The molecule has 0 aromatic heterocycles. The summed E-state index contributed by atoms with van der Waals surface area (Å²) in [5.41, 5.74) is 0.458. The van der Waals surface area contributed by atoms with Crippen molar-refractivity contribution < 1.29 is 18.7 Å². The third kappa shape index (κ3) is 4.65. The lowest BCUT2D eigenvalue weighted by Crippen LogP contribution is -2.44. The fourth-order valence-electron chi connectivity index (χ4n) is 3.08. The van der Waals surface area contributed by atoms with Crippen molar-refractivity contribution in [2.24, 2.45) is 0 Å². The molecule has 6 heteroatoms. The molecular weight excluding hydrogens is 299 g/mol. The fraction of sp³-hybridized carbons (Fsp3) is 0.588. The maximum atomic E-state index is 13.3. The van der Waals surface area contributed by atoms with E-state index in [-0.39, 0.29) is 24.1 Å². The summed E-state index contributed by atoms with van der Waals surface area (Å²) in [6.45, 7) is 2.59. The third-order valence-corrected chi connectivity index (χ3v) is 4.26. The summed E-state index contributed by atoms with van der Waals surface area (Å²) in [5, 5.41) is 2.77. The maximum Gasteiger partial charge on any atom is 0.322 e. The van der Waals surface area contributed by atoms with Crippen LogP contribution < -0.4 is 5.32 Å². The van der Waals surface area contributed by atoms with Crippen LogP contribution in [-0.2, 0) is 9.47 Å². The first-order valence-corrected chi connectivity index (χ1v) is 8.25. The van der Waals surface area contributed by atoms with Gasteiger partial charge in [0, 0.05) is 32.0 Å². The summed E-state index contributed by atoms with van der Waals surface area (Å²) in [5.74, 6) is -0.368. The molecule has 0 spiro atoms. The molecule has 2 unspecified atom stereocenters. The normalized spacial score (nSPS) is 23.9. The Labute approximate surface area is 135 Å². The minimum absolute atomic E-state index is 0.0784. The Morgan fingerprint density at radius 1 is 1.17 bits per heavy atom. The van der Waals surface area contributed by atoms with Crippen molar-refractivity contribution in [3.8, 4) is 0 Å². The van der Waals surface area contributed by atoms with Crippen LogP contribution in [-0.4, -0.2) is 49.4 Å².